The highest BCUT2D eigenvalue weighted by molar-refractivity contribution is 7.85. The number of unbranched alkanes of at least 4 members (excludes halogenated alkanes) is 9. The minimum Gasteiger partial charge on any atom is -0.748 e. The van der Waals surface area contributed by atoms with Gasteiger partial charge in [0.05, 0.1) is 10.1 Å². The van der Waals surface area contributed by atoms with Gasteiger partial charge in [-0.3, -0.25) is 9.69 Å². The molecular formula is C25H44N2O5S. The largest absolute Gasteiger partial charge is 0.748 e. The Morgan fingerprint density at radius 1 is 0.939 bits per heavy atom. The third kappa shape index (κ3) is 14.3. The maximum Gasteiger partial charge on any atom is 0.227 e. The molecule has 2 aliphatic rings. The fourth-order valence-corrected chi connectivity index (χ4v) is 3.86. The lowest BCUT2D eigenvalue weighted by atomic mass is 10.1. The molecule has 0 aromatic rings. The maximum atomic E-state index is 12.1. The predicted octanol–water partition coefficient (Wildman–Crippen LogP) is 5.38. The van der Waals surface area contributed by atoms with Crippen LogP contribution in [0.2, 0.25) is 0 Å². The molecule has 0 aliphatic carbocycles. The normalized spacial score (nSPS) is 23.1. The zero-order valence-corrected chi connectivity index (χ0v) is 21.4. The van der Waals surface area contributed by atoms with Crippen molar-refractivity contribution in [3.05, 3.63) is 36.8 Å². The van der Waals surface area contributed by atoms with Crippen molar-refractivity contribution in [2.75, 3.05) is 25.5 Å². The summed E-state index contributed by atoms with van der Waals surface area (Å²) < 4.78 is 28.7. The Bertz CT molecular complexity index is 733. The monoisotopic (exact) mass is 484 g/mol. The number of rotatable bonds is 14. The molecule has 1 unspecified atom stereocenters. The zero-order chi connectivity index (χ0) is 24.4. The van der Waals surface area contributed by atoms with Crippen LogP contribution in [0.15, 0.2) is 36.8 Å². The SMILES string of the molecule is CCCCCCCCCCCC[N+]1(CN2CCCC2=O)\C=C/C=C\C=C/O1.CCS(=O)(=O)[O-]. The maximum absolute atomic E-state index is 12.1. The van der Waals surface area contributed by atoms with Crippen LogP contribution in [0.3, 0.4) is 0 Å². The summed E-state index contributed by atoms with van der Waals surface area (Å²) in [5.74, 6) is -0.0540. The topological polar surface area (TPSA) is 86.7 Å². The van der Waals surface area contributed by atoms with Gasteiger partial charge in [0, 0.05) is 25.1 Å². The Morgan fingerprint density at radius 3 is 2.06 bits per heavy atom. The number of hydrogen-bond donors (Lipinski definition) is 0. The molecule has 0 aromatic carbocycles. The molecule has 33 heavy (non-hydrogen) atoms. The quantitative estimate of drug-likeness (QED) is 0.188. The molecular weight excluding hydrogens is 440 g/mol. The first-order chi connectivity index (χ1) is 15.8. The van der Waals surface area contributed by atoms with Crippen molar-refractivity contribution >= 4 is 16.0 Å². The van der Waals surface area contributed by atoms with Crippen LogP contribution in [-0.2, 0) is 19.8 Å². The van der Waals surface area contributed by atoms with Crippen LogP contribution < -0.4 is 0 Å². The minimum atomic E-state index is -3.91. The van der Waals surface area contributed by atoms with Crippen molar-refractivity contribution in [2.45, 2.75) is 90.9 Å². The van der Waals surface area contributed by atoms with Gasteiger partial charge < -0.3 is 9.39 Å². The van der Waals surface area contributed by atoms with Gasteiger partial charge in [0.15, 0.2) is 12.9 Å². The zero-order valence-electron chi connectivity index (χ0n) is 20.6. The number of amides is 1. The van der Waals surface area contributed by atoms with Crippen LogP contribution in [0.4, 0.5) is 0 Å². The molecule has 0 aromatic heterocycles. The lowest BCUT2D eigenvalue weighted by Crippen LogP contribution is -2.50. The number of quaternary nitrogens is 1. The van der Waals surface area contributed by atoms with Gasteiger partial charge in [0.1, 0.15) is 12.7 Å². The van der Waals surface area contributed by atoms with Crippen molar-refractivity contribution in [3.8, 4) is 0 Å². The first kappa shape index (κ1) is 29.4. The van der Waals surface area contributed by atoms with Gasteiger partial charge in [-0.15, -0.1) is 0 Å². The minimum absolute atomic E-state index is 0.258. The van der Waals surface area contributed by atoms with Crippen LogP contribution in [0.1, 0.15) is 90.9 Å². The van der Waals surface area contributed by atoms with Crippen LogP contribution >= 0.6 is 0 Å². The fraction of sp³-hybridized carbons (Fsp3) is 0.720. The molecule has 2 aliphatic heterocycles. The van der Waals surface area contributed by atoms with Gasteiger partial charge >= 0.3 is 0 Å². The average Bonchev–Trinajstić information content (AvgIpc) is 3.16. The van der Waals surface area contributed by atoms with Crippen LogP contribution in [0.5, 0.6) is 0 Å². The van der Waals surface area contributed by atoms with Crippen molar-refractivity contribution < 1.29 is 27.2 Å². The van der Waals surface area contributed by atoms with Gasteiger partial charge in [-0.1, -0.05) is 82.0 Å². The summed E-state index contributed by atoms with van der Waals surface area (Å²) in [6.07, 6.45) is 26.7. The van der Waals surface area contributed by atoms with E-state index < -0.39 is 10.1 Å². The second-order valence-corrected chi connectivity index (χ2v) is 10.5. The van der Waals surface area contributed by atoms with Crippen LogP contribution in [-0.4, -0.2) is 53.9 Å². The van der Waals surface area contributed by atoms with E-state index in [1.807, 2.05) is 29.2 Å². The summed E-state index contributed by atoms with van der Waals surface area (Å²) in [6.45, 7) is 5.96. The van der Waals surface area contributed by atoms with Gasteiger partial charge in [-0.2, -0.15) is 0 Å². The highest BCUT2D eigenvalue weighted by Gasteiger charge is 2.34. The van der Waals surface area contributed by atoms with Gasteiger partial charge in [-0.05, 0) is 25.0 Å². The molecule has 2 heterocycles. The van der Waals surface area contributed by atoms with E-state index in [-0.39, 0.29) is 11.7 Å². The Kier molecular flexibility index (Phi) is 15.0. The predicted molar refractivity (Wildman–Crippen MR) is 132 cm³/mol. The molecule has 0 spiro atoms. The first-order valence-electron chi connectivity index (χ1n) is 12.6. The third-order valence-electron chi connectivity index (χ3n) is 5.87. The standard InChI is InChI=1S/C23H39N2O2.C2H6O3S/c1-2-3-4-5-6-7-8-9-10-13-19-25(20-14-11-12-15-21-27-25)22-24-18-16-17-23(24)26;1-2-6(3,4)5/h11-12,14-15,20-21H,2-10,13,16-19,22H2,1H3;2H2,1H3,(H,3,4,5)/q+1;/p-1/b12-11-,20-14-,21-15-;. The lowest BCUT2D eigenvalue weighted by molar-refractivity contribution is -1.06. The summed E-state index contributed by atoms with van der Waals surface area (Å²) >= 11 is 0. The Morgan fingerprint density at radius 2 is 1.52 bits per heavy atom. The molecule has 0 bridgehead atoms. The van der Waals surface area contributed by atoms with E-state index in [1.54, 1.807) is 6.26 Å². The van der Waals surface area contributed by atoms with Crippen molar-refractivity contribution in [1.82, 2.24) is 4.90 Å². The van der Waals surface area contributed by atoms with E-state index in [0.717, 1.165) is 25.9 Å². The van der Waals surface area contributed by atoms with Gasteiger partial charge in [-0.25, -0.2) is 8.42 Å². The number of hydrogen-bond acceptors (Lipinski definition) is 5. The lowest BCUT2D eigenvalue weighted by Gasteiger charge is -2.34. The smallest absolute Gasteiger partial charge is 0.227 e. The second-order valence-electron chi connectivity index (χ2n) is 8.77. The highest BCUT2D eigenvalue weighted by Crippen LogP contribution is 2.21. The van der Waals surface area contributed by atoms with E-state index in [4.69, 9.17) is 4.84 Å². The second kappa shape index (κ2) is 16.9. The third-order valence-corrected chi connectivity index (χ3v) is 6.57. The molecule has 8 heteroatoms. The number of nitrogens with zero attached hydrogens (tertiary/aromatic N) is 2. The van der Waals surface area contributed by atoms with Crippen LogP contribution in [0, 0.1) is 0 Å². The number of carbonyl (C=O) groups is 1. The highest BCUT2D eigenvalue weighted by atomic mass is 32.2. The molecule has 1 atom stereocenters. The van der Waals surface area contributed by atoms with Crippen molar-refractivity contribution in [2.24, 2.45) is 0 Å². The Hall–Kier alpha value is -1.64. The van der Waals surface area contributed by atoms with Crippen LogP contribution in [0.25, 0.3) is 0 Å². The van der Waals surface area contributed by atoms with E-state index in [1.165, 1.54) is 64.7 Å². The van der Waals surface area contributed by atoms with Crippen molar-refractivity contribution in [1.29, 1.82) is 0 Å². The van der Waals surface area contributed by atoms with E-state index in [0.29, 0.717) is 17.7 Å². The molecule has 1 amide bonds. The number of allylic oxidation sites excluding steroid dienone is 4. The first-order valence-corrected chi connectivity index (χ1v) is 14.2. The van der Waals surface area contributed by atoms with E-state index in [2.05, 4.69) is 13.1 Å². The summed E-state index contributed by atoms with van der Waals surface area (Å²) in [5, 5.41) is 0. The molecule has 1 saturated heterocycles. The molecule has 0 radical (unpaired) electrons. The molecule has 190 valence electrons. The Balaban J connectivity index is 0.000000801. The number of likely N-dealkylation sites (tertiary alicyclic amines) is 1. The summed E-state index contributed by atoms with van der Waals surface area (Å²) in [4.78, 5) is 20.1. The van der Waals surface area contributed by atoms with Crippen molar-refractivity contribution in [3.63, 3.8) is 0 Å². The molecule has 0 saturated carbocycles. The average molecular weight is 485 g/mol. The summed E-state index contributed by atoms with van der Waals surface area (Å²) in [6, 6.07) is 0. The van der Waals surface area contributed by atoms with Gasteiger partial charge in [0.25, 0.3) is 0 Å². The summed E-state index contributed by atoms with van der Waals surface area (Å²) in [5.41, 5.74) is 0. The van der Waals surface area contributed by atoms with E-state index >= 15 is 0 Å². The Labute approximate surface area is 201 Å². The molecule has 1 fully saturated rings. The number of carbonyl (C=O) groups excluding carboxylic acids is 1. The van der Waals surface area contributed by atoms with Gasteiger partial charge in [0.2, 0.25) is 5.91 Å². The number of hydroxylamine groups is 3. The summed E-state index contributed by atoms with van der Waals surface area (Å²) in [7, 11) is -3.91. The molecule has 2 rings (SSSR count). The molecule has 0 N–H and O–H groups in total. The molecule has 7 nitrogen and oxygen atoms in total. The fourth-order valence-electron chi connectivity index (χ4n) is 3.86. The van der Waals surface area contributed by atoms with E-state index in [9.17, 15) is 17.8 Å².